The Morgan fingerprint density at radius 1 is 1.29 bits per heavy atom. The molecule has 0 bridgehead atoms. The highest BCUT2D eigenvalue weighted by Crippen LogP contribution is 2.16. The summed E-state index contributed by atoms with van der Waals surface area (Å²) in [6.07, 6.45) is 0. The van der Waals surface area contributed by atoms with Crippen LogP contribution in [0.15, 0.2) is 21.7 Å². The first kappa shape index (κ1) is 17.9. The molecule has 24 heavy (non-hydrogen) atoms. The number of hydrogen-bond acceptors (Lipinski definition) is 5. The van der Waals surface area contributed by atoms with Gasteiger partial charge in [0.25, 0.3) is 11.5 Å². The number of amides is 1. The summed E-state index contributed by atoms with van der Waals surface area (Å²) in [5.41, 5.74) is 4.57. The van der Waals surface area contributed by atoms with Crippen molar-refractivity contribution in [2.45, 2.75) is 26.3 Å². The minimum absolute atomic E-state index is 0.128. The Morgan fingerprint density at radius 2 is 1.92 bits per heavy atom. The van der Waals surface area contributed by atoms with Gasteiger partial charge in [-0.1, -0.05) is 13.8 Å². The molecule has 0 aliphatic rings. The van der Waals surface area contributed by atoms with E-state index in [4.69, 9.17) is 5.73 Å². The van der Waals surface area contributed by atoms with Crippen LogP contribution in [-0.4, -0.2) is 32.1 Å². The molecule has 8 nitrogen and oxygen atoms in total. The fourth-order valence-electron chi connectivity index (χ4n) is 2.34. The lowest BCUT2D eigenvalue weighted by atomic mass is 9.88. The van der Waals surface area contributed by atoms with Gasteiger partial charge in [0.2, 0.25) is 0 Å². The number of nitrogens with two attached hydrogens (primary N) is 1. The molecule has 0 radical (unpaired) electrons. The smallest absolute Gasteiger partial charge is 0.332 e. The van der Waals surface area contributed by atoms with Crippen molar-refractivity contribution in [3.63, 3.8) is 0 Å². The van der Waals surface area contributed by atoms with Crippen molar-refractivity contribution in [3.8, 4) is 0 Å². The van der Waals surface area contributed by atoms with Crippen LogP contribution < -0.4 is 22.3 Å². The van der Waals surface area contributed by atoms with Crippen LogP contribution in [0.4, 0.5) is 0 Å². The van der Waals surface area contributed by atoms with Gasteiger partial charge in [-0.3, -0.25) is 18.7 Å². The fraction of sp³-hybridized carbons (Fsp3) is 0.500. The van der Waals surface area contributed by atoms with Crippen molar-refractivity contribution in [2.24, 2.45) is 25.7 Å². The molecular weight excluding hydrogens is 310 g/mol. The first-order chi connectivity index (χ1) is 11.1. The third-order valence-electron chi connectivity index (χ3n) is 4.63. The van der Waals surface area contributed by atoms with Crippen molar-refractivity contribution in [2.75, 3.05) is 6.54 Å². The van der Waals surface area contributed by atoms with Gasteiger partial charge in [-0.15, -0.1) is 0 Å². The summed E-state index contributed by atoms with van der Waals surface area (Å²) < 4.78 is 2.26. The van der Waals surface area contributed by atoms with Crippen molar-refractivity contribution in [1.82, 2.24) is 19.4 Å². The average molecular weight is 333 g/mol. The highest BCUT2D eigenvalue weighted by Gasteiger charge is 2.29. The van der Waals surface area contributed by atoms with E-state index < -0.39 is 22.7 Å². The van der Waals surface area contributed by atoms with Gasteiger partial charge in [0.05, 0.1) is 10.9 Å². The zero-order valence-corrected chi connectivity index (χ0v) is 14.6. The van der Waals surface area contributed by atoms with Gasteiger partial charge >= 0.3 is 5.69 Å². The number of hydrogen-bond donors (Lipinski definition) is 2. The predicted octanol–water partition coefficient (Wildman–Crippen LogP) is -0.265. The summed E-state index contributed by atoms with van der Waals surface area (Å²) in [5, 5.41) is 3.17. The van der Waals surface area contributed by atoms with Crippen LogP contribution in [0, 0.1) is 5.92 Å². The summed E-state index contributed by atoms with van der Waals surface area (Å²) >= 11 is 0. The second kappa shape index (κ2) is 6.20. The van der Waals surface area contributed by atoms with Gasteiger partial charge in [-0.05, 0) is 25.0 Å². The monoisotopic (exact) mass is 333 g/mol. The topological polar surface area (TPSA) is 112 Å². The molecule has 2 heterocycles. The van der Waals surface area contributed by atoms with Crippen molar-refractivity contribution >= 4 is 16.9 Å². The molecule has 2 aromatic heterocycles. The number of pyridine rings is 1. The van der Waals surface area contributed by atoms with E-state index >= 15 is 0 Å². The van der Waals surface area contributed by atoms with E-state index in [0.29, 0.717) is 0 Å². The summed E-state index contributed by atoms with van der Waals surface area (Å²) in [7, 11) is 2.91. The minimum atomic E-state index is -0.577. The second-order valence-electron chi connectivity index (χ2n) is 6.50. The quantitative estimate of drug-likeness (QED) is 0.800. The molecule has 8 heteroatoms. The van der Waals surface area contributed by atoms with E-state index in [0.717, 1.165) is 4.57 Å². The maximum atomic E-state index is 12.5. The van der Waals surface area contributed by atoms with Crippen molar-refractivity contribution in [1.29, 1.82) is 0 Å². The maximum absolute atomic E-state index is 12.5. The van der Waals surface area contributed by atoms with Crippen LogP contribution in [-0.2, 0) is 14.1 Å². The molecule has 0 aliphatic carbocycles. The van der Waals surface area contributed by atoms with Crippen molar-refractivity contribution < 1.29 is 4.79 Å². The standard InChI is InChI=1S/C16H23N5O3/c1-9(2)16(3,8-17)19-13(22)11-7-6-10-12(18-11)20(4)15(24)21(5)14(10)23/h6-7,9H,8,17H2,1-5H3,(H,19,22). The number of rotatable bonds is 4. The Balaban J connectivity index is 2.54. The molecule has 1 atom stereocenters. The molecule has 0 saturated heterocycles. The van der Waals surface area contributed by atoms with Crippen LogP contribution >= 0.6 is 0 Å². The highest BCUT2D eigenvalue weighted by molar-refractivity contribution is 5.94. The number of fused-ring (bicyclic) bond motifs is 1. The first-order valence-electron chi connectivity index (χ1n) is 7.71. The molecule has 0 aromatic carbocycles. The van der Waals surface area contributed by atoms with Gasteiger partial charge in [0.15, 0.2) is 0 Å². The van der Waals surface area contributed by atoms with Crippen LogP contribution in [0.1, 0.15) is 31.3 Å². The van der Waals surface area contributed by atoms with Gasteiger partial charge < -0.3 is 11.1 Å². The molecule has 3 N–H and O–H groups in total. The first-order valence-corrected chi connectivity index (χ1v) is 7.71. The van der Waals surface area contributed by atoms with Crippen LogP contribution in [0.3, 0.4) is 0 Å². The molecule has 0 fully saturated rings. The zero-order chi connectivity index (χ0) is 18.2. The molecular formula is C16H23N5O3. The summed E-state index contributed by atoms with van der Waals surface area (Å²) in [6.45, 7) is 6.08. The number of nitrogens with zero attached hydrogens (tertiary/aromatic N) is 3. The molecule has 130 valence electrons. The van der Waals surface area contributed by atoms with E-state index in [1.54, 1.807) is 0 Å². The largest absolute Gasteiger partial charge is 0.344 e. The van der Waals surface area contributed by atoms with E-state index in [1.165, 1.54) is 30.8 Å². The molecule has 2 rings (SSSR count). The Kier molecular flexibility index (Phi) is 4.61. The van der Waals surface area contributed by atoms with Crippen molar-refractivity contribution in [3.05, 3.63) is 38.7 Å². The molecule has 1 unspecified atom stereocenters. The van der Waals surface area contributed by atoms with Crippen LogP contribution in [0.2, 0.25) is 0 Å². The Hall–Kier alpha value is -2.48. The van der Waals surface area contributed by atoms with E-state index in [-0.39, 0.29) is 29.2 Å². The lowest BCUT2D eigenvalue weighted by molar-refractivity contribution is 0.0878. The Morgan fingerprint density at radius 3 is 2.46 bits per heavy atom. The molecule has 0 aliphatic heterocycles. The number of aromatic nitrogens is 3. The second-order valence-corrected chi connectivity index (χ2v) is 6.50. The fourth-order valence-corrected chi connectivity index (χ4v) is 2.34. The van der Waals surface area contributed by atoms with E-state index in [1.807, 2.05) is 20.8 Å². The Bertz CT molecular complexity index is 912. The number of carbonyl (C=O) groups is 1. The van der Waals surface area contributed by atoms with E-state index in [2.05, 4.69) is 10.3 Å². The zero-order valence-electron chi connectivity index (χ0n) is 14.6. The maximum Gasteiger partial charge on any atom is 0.332 e. The van der Waals surface area contributed by atoms with Gasteiger partial charge in [-0.2, -0.15) is 0 Å². The molecule has 2 aromatic rings. The predicted molar refractivity (Wildman–Crippen MR) is 92.0 cm³/mol. The highest BCUT2D eigenvalue weighted by atomic mass is 16.2. The third-order valence-corrected chi connectivity index (χ3v) is 4.63. The molecule has 0 saturated carbocycles. The average Bonchev–Trinajstić information content (AvgIpc) is 2.57. The summed E-state index contributed by atoms with van der Waals surface area (Å²) in [4.78, 5) is 40.9. The molecule has 1 amide bonds. The van der Waals surface area contributed by atoms with Gasteiger partial charge in [0, 0.05) is 20.6 Å². The molecule has 0 spiro atoms. The van der Waals surface area contributed by atoms with E-state index in [9.17, 15) is 14.4 Å². The van der Waals surface area contributed by atoms with Crippen LogP contribution in [0.25, 0.3) is 11.0 Å². The summed E-state index contributed by atoms with van der Waals surface area (Å²) in [6, 6.07) is 2.98. The summed E-state index contributed by atoms with van der Waals surface area (Å²) in [5.74, 6) is -0.268. The third kappa shape index (κ3) is 2.84. The SMILES string of the molecule is CC(C)C(C)(CN)NC(=O)c1ccc2c(=O)n(C)c(=O)n(C)c2n1. The lowest BCUT2D eigenvalue weighted by Crippen LogP contribution is -2.55. The van der Waals surface area contributed by atoms with Gasteiger partial charge in [0.1, 0.15) is 11.3 Å². The van der Waals surface area contributed by atoms with Gasteiger partial charge in [-0.25, -0.2) is 9.78 Å². The minimum Gasteiger partial charge on any atom is -0.344 e. The number of nitrogens with one attached hydrogen (secondary N) is 1. The Labute approximate surface area is 139 Å². The number of carbonyl (C=O) groups excluding carboxylic acids is 1. The normalized spacial score (nSPS) is 14.0. The lowest BCUT2D eigenvalue weighted by Gasteiger charge is -2.33. The van der Waals surface area contributed by atoms with Crippen LogP contribution in [0.5, 0.6) is 0 Å². The number of aryl methyl sites for hydroxylation is 1.